The molecule has 1 atom stereocenters. The topological polar surface area (TPSA) is 34.6 Å². The molecule has 3 heterocycles. The van der Waals surface area contributed by atoms with Gasteiger partial charge in [-0.05, 0) is 85.3 Å². The van der Waals surface area contributed by atoms with Gasteiger partial charge < -0.3 is 9.47 Å². The molecule has 2 aliphatic rings. The summed E-state index contributed by atoms with van der Waals surface area (Å²) in [6.45, 7) is 3.52. The highest BCUT2D eigenvalue weighted by Crippen LogP contribution is 2.51. The number of aromatic nitrogens is 1. The van der Waals surface area contributed by atoms with Crippen molar-refractivity contribution in [2.45, 2.75) is 42.7 Å². The smallest absolute Gasteiger partial charge is 0.406 e. The fourth-order valence-electron chi connectivity index (χ4n) is 4.66. The first-order chi connectivity index (χ1) is 16.2. The second-order valence-electron chi connectivity index (χ2n) is 8.53. The molecule has 0 saturated carbocycles. The number of pyridine rings is 1. The van der Waals surface area contributed by atoms with Crippen molar-refractivity contribution < 1.29 is 22.6 Å². The predicted octanol–water partition coefficient (Wildman–Crippen LogP) is 7.06. The molecule has 34 heavy (non-hydrogen) atoms. The number of hydrogen-bond acceptors (Lipinski definition) is 5. The number of benzene rings is 2. The lowest BCUT2D eigenvalue weighted by molar-refractivity contribution is -0.274. The van der Waals surface area contributed by atoms with Gasteiger partial charge in [-0.2, -0.15) is 0 Å². The van der Waals surface area contributed by atoms with Gasteiger partial charge in [-0.15, -0.1) is 13.2 Å². The van der Waals surface area contributed by atoms with Crippen LogP contribution in [0.3, 0.4) is 0 Å². The number of piperidine rings is 1. The van der Waals surface area contributed by atoms with E-state index in [4.69, 9.17) is 21.3 Å². The van der Waals surface area contributed by atoms with Gasteiger partial charge in [0.2, 0.25) is 0 Å². The lowest BCUT2D eigenvalue weighted by Gasteiger charge is -2.38. The summed E-state index contributed by atoms with van der Waals surface area (Å²) in [6, 6.07) is 15.9. The summed E-state index contributed by atoms with van der Waals surface area (Å²) in [5, 5.41) is 0.683. The standard InChI is InChI=1S/C25H22ClF3N2O2S/c1-16-13-17(15-18(26)14-16)22-21-3-2-10-30-23(21)24(33-22)8-11-31(12-9-24)34-20-6-4-19(5-7-20)32-25(27,28)29/h2-7,10,13-15,22H,8-9,11-12H2,1H3. The highest BCUT2D eigenvalue weighted by Gasteiger charge is 2.48. The van der Waals surface area contributed by atoms with Gasteiger partial charge in [-0.25, -0.2) is 4.31 Å². The van der Waals surface area contributed by atoms with Crippen molar-refractivity contribution in [2.24, 2.45) is 0 Å². The minimum Gasteiger partial charge on any atom is -0.406 e. The number of halogens is 4. The molecule has 4 nitrogen and oxygen atoms in total. The quantitative estimate of drug-likeness (QED) is 0.354. The van der Waals surface area contributed by atoms with Crippen LogP contribution in [0.5, 0.6) is 5.75 Å². The molecule has 1 aromatic heterocycles. The van der Waals surface area contributed by atoms with Crippen molar-refractivity contribution in [3.63, 3.8) is 0 Å². The minimum atomic E-state index is -4.69. The Morgan fingerprint density at radius 1 is 1.12 bits per heavy atom. The monoisotopic (exact) mass is 506 g/mol. The minimum absolute atomic E-state index is 0.221. The maximum Gasteiger partial charge on any atom is 0.573 e. The van der Waals surface area contributed by atoms with Crippen LogP contribution in [-0.4, -0.2) is 28.7 Å². The number of aryl methyl sites for hydroxylation is 1. The summed E-state index contributed by atoms with van der Waals surface area (Å²) in [4.78, 5) is 5.57. The molecule has 1 saturated heterocycles. The van der Waals surface area contributed by atoms with E-state index in [1.165, 1.54) is 24.1 Å². The fourth-order valence-corrected chi connectivity index (χ4v) is 5.88. The second-order valence-corrected chi connectivity index (χ2v) is 10.1. The normalized spacial score (nSPS) is 19.9. The lowest BCUT2D eigenvalue weighted by atomic mass is 9.87. The van der Waals surface area contributed by atoms with Crippen LogP contribution >= 0.6 is 23.5 Å². The van der Waals surface area contributed by atoms with Gasteiger partial charge in [-0.3, -0.25) is 4.98 Å². The number of rotatable bonds is 4. The molecule has 0 N–H and O–H groups in total. The summed E-state index contributed by atoms with van der Waals surface area (Å²) < 4.78 is 50.0. The van der Waals surface area contributed by atoms with Crippen molar-refractivity contribution in [3.05, 3.63) is 88.2 Å². The molecular formula is C25H22ClF3N2O2S. The first-order valence-corrected chi connectivity index (χ1v) is 12.0. The third-order valence-electron chi connectivity index (χ3n) is 6.09. The van der Waals surface area contributed by atoms with Gasteiger partial charge in [0.05, 0.1) is 5.69 Å². The lowest BCUT2D eigenvalue weighted by Crippen LogP contribution is -2.40. The van der Waals surface area contributed by atoms with Gasteiger partial charge in [0.1, 0.15) is 17.5 Å². The van der Waals surface area contributed by atoms with Crippen molar-refractivity contribution in [1.82, 2.24) is 9.29 Å². The van der Waals surface area contributed by atoms with Gasteiger partial charge in [0, 0.05) is 34.8 Å². The highest BCUT2D eigenvalue weighted by atomic mass is 35.5. The molecule has 2 aliphatic heterocycles. The van der Waals surface area contributed by atoms with Crippen LogP contribution in [0.15, 0.2) is 65.7 Å². The summed E-state index contributed by atoms with van der Waals surface area (Å²) >= 11 is 7.85. The van der Waals surface area contributed by atoms with Crippen molar-refractivity contribution >= 4 is 23.5 Å². The fraction of sp³-hybridized carbons (Fsp3) is 0.320. The molecular weight excluding hydrogens is 485 g/mol. The summed E-state index contributed by atoms with van der Waals surface area (Å²) in [5.41, 5.74) is 3.68. The van der Waals surface area contributed by atoms with E-state index >= 15 is 0 Å². The predicted molar refractivity (Wildman–Crippen MR) is 125 cm³/mol. The molecule has 2 aromatic carbocycles. The number of fused-ring (bicyclic) bond motifs is 2. The summed E-state index contributed by atoms with van der Waals surface area (Å²) in [7, 11) is 0. The second kappa shape index (κ2) is 9.07. The molecule has 0 bridgehead atoms. The molecule has 1 spiro atoms. The molecule has 0 radical (unpaired) electrons. The maximum absolute atomic E-state index is 12.4. The molecule has 3 aromatic rings. The van der Waals surface area contributed by atoms with Crippen LogP contribution in [0.2, 0.25) is 5.02 Å². The van der Waals surface area contributed by atoms with Crippen LogP contribution in [0.4, 0.5) is 13.2 Å². The third-order valence-corrected chi connectivity index (χ3v) is 7.41. The van der Waals surface area contributed by atoms with Crippen molar-refractivity contribution in [3.8, 4) is 5.75 Å². The molecule has 5 rings (SSSR count). The Kier molecular flexibility index (Phi) is 6.27. The SMILES string of the molecule is Cc1cc(Cl)cc(C2OC3(CCN(Sc4ccc(OC(F)(F)F)cc4)CC3)c3ncccc32)c1. The van der Waals surface area contributed by atoms with Crippen LogP contribution < -0.4 is 4.74 Å². The van der Waals surface area contributed by atoms with E-state index in [1.54, 1.807) is 18.3 Å². The highest BCUT2D eigenvalue weighted by molar-refractivity contribution is 7.97. The van der Waals surface area contributed by atoms with Gasteiger partial charge in [0.15, 0.2) is 0 Å². The Bertz CT molecular complexity index is 1160. The van der Waals surface area contributed by atoms with E-state index in [0.29, 0.717) is 5.02 Å². The number of nitrogens with zero attached hydrogens (tertiary/aromatic N) is 2. The van der Waals surface area contributed by atoms with E-state index in [1.807, 2.05) is 25.1 Å². The van der Waals surface area contributed by atoms with Crippen molar-refractivity contribution in [1.29, 1.82) is 0 Å². The molecule has 0 aliphatic carbocycles. The van der Waals surface area contributed by atoms with Crippen LogP contribution in [0, 0.1) is 6.92 Å². The Labute approximate surface area is 205 Å². The average molecular weight is 507 g/mol. The summed E-state index contributed by atoms with van der Waals surface area (Å²) in [6.07, 6.45) is -1.59. The first kappa shape index (κ1) is 23.5. The largest absolute Gasteiger partial charge is 0.573 e. The molecule has 9 heteroatoms. The van der Waals surface area contributed by atoms with Crippen LogP contribution in [0.25, 0.3) is 0 Å². The number of ether oxygens (including phenoxy) is 2. The van der Waals surface area contributed by atoms with Gasteiger partial charge in [0.25, 0.3) is 0 Å². The zero-order valence-electron chi connectivity index (χ0n) is 18.3. The first-order valence-electron chi connectivity index (χ1n) is 10.9. The van der Waals surface area contributed by atoms with E-state index in [0.717, 1.165) is 53.2 Å². The average Bonchev–Trinajstić information content (AvgIpc) is 3.10. The molecule has 178 valence electrons. The molecule has 1 fully saturated rings. The van der Waals surface area contributed by atoms with Crippen LogP contribution in [0.1, 0.15) is 41.3 Å². The Morgan fingerprint density at radius 3 is 2.53 bits per heavy atom. The van der Waals surface area contributed by atoms with Gasteiger partial charge >= 0.3 is 6.36 Å². The van der Waals surface area contributed by atoms with Crippen LogP contribution in [-0.2, 0) is 10.3 Å². The number of alkyl halides is 3. The number of hydrogen-bond donors (Lipinski definition) is 0. The molecule has 0 amide bonds. The zero-order valence-corrected chi connectivity index (χ0v) is 19.9. The van der Waals surface area contributed by atoms with Crippen molar-refractivity contribution in [2.75, 3.05) is 13.1 Å². The Morgan fingerprint density at radius 2 is 1.85 bits per heavy atom. The van der Waals surface area contributed by atoms with E-state index < -0.39 is 12.0 Å². The Hall–Kier alpha value is -2.26. The van der Waals surface area contributed by atoms with E-state index in [9.17, 15) is 13.2 Å². The summed E-state index contributed by atoms with van der Waals surface area (Å²) in [5.74, 6) is -0.223. The van der Waals surface area contributed by atoms with E-state index in [2.05, 4.69) is 21.2 Å². The maximum atomic E-state index is 12.4. The third kappa shape index (κ3) is 4.91. The van der Waals surface area contributed by atoms with E-state index in [-0.39, 0.29) is 11.9 Å². The zero-order chi connectivity index (χ0) is 23.9. The molecule has 1 unspecified atom stereocenters. The Balaban J connectivity index is 1.29. The van der Waals surface area contributed by atoms with Gasteiger partial charge in [-0.1, -0.05) is 23.7 Å².